The number of hydrogen-bond acceptors (Lipinski definition) is 3. The first-order valence-electron chi connectivity index (χ1n) is 9.39. The van der Waals surface area contributed by atoms with E-state index >= 15 is 0 Å². The number of carbonyl (C=O) groups is 2. The second kappa shape index (κ2) is 8.35. The van der Waals surface area contributed by atoms with Gasteiger partial charge in [0.05, 0.1) is 6.61 Å². The first-order valence-corrected chi connectivity index (χ1v) is 9.39. The van der Waals surface area contributed by atoms with Crippen molar-refractivity contribution < 1.29 is 14.7 Å². The molecule has 27 heavy (non-hydrogen) atoms. The van der Waals surface area contributed by atoms with Crippen molar-refractivity contribution in [3.63, 3.8) is 0 Å². The fraction of sp³-hybridized carbons (Fsp3) is 0.364. The maximum absolute atomic E-state index is 13.0. The Morgan fingerprint density at radius 2 is 1.89 bits per heavy atom. The van der Waals surface area contributed by atoms with Crippen LogP contribution in [0.2, 0.25) is 0 Å². The van der Waals surface area contributed by atoms with Gasteiger partial charge in [-0.05, 0) is 49.1 Å². The summed E-state index contributed by atoms with van der Waals surface area (Å²) in [6.07, 6.45) is 1.30. The topological polar surface area (TPSA) is 69.6 Å². The molecule has 1 heterocycles. The number of nitrogens with zero attached hydrogens (tertiary/aromatic N) is 1. The Morgan fingerprint density at radius 3 is 2.48 bits per heavy atom. The summed E-state index contributed by atoms with van der Waals surface area (Å²) in [5.74, 6) is 0.0243. The molecule has 142 valence electrons. The molecule has 0 radical (unpaired) electrons. The van der Waals surface area contributed by atoms with Gasteiger partial charge in [-0.1, -0.05) is 36.4 Å². The lowest BCUT2D eigenvalue weighted by Crippen LogP contribution is -2.45. The van der Waals surface area contributed by atoms with E-state index < -0.39 is 0 Å². The zero-order valence-electron chi connectivity index (χ0n) is 15.8. The van der Waals surface area contributed by atoms with Crippen molar-refractivity contribution in [2.24, 2.45) is 0 Å². The Hall–Kier alpha value is -2.66. The van der Waals surface area contributed by atoms with Crippen LogP contribution in [0.4, 0.5) is 0 Å². The molecule has 2 amide bonds. The fourth-order valence-electron chi connectivity index (χ4n) is 3.48. The van der Waals surface area contributed by atoms with Gasteiger partial charge in [0, 0.05) is 30.6 Å². The quantitative estimate of drug-likeness (QED) is 0.826. The minimum Gasteiger partial charge on any atom is -0.392 e. The number of amides is 2. The number of benzene rings is 2. The molecule has 0 aliphatic carbocycles. The van der Waals surface area contributed by atoms with Crippen molar-refractivity contribution >= 4 is 11.8 Å². The van der Waals surface area contributed by atoms with Crippen LogP contribution < -0.4 is 5.32 Å². The molecular weight excluding hydrogens is 340 g/mol. The smallest absolute Gasteiger partial charge is 0.254 e. The van der Waals surface area contributed by atoms with Crippen molar-refractivity contribution in [3.8, 4) is 11.1 Å². The van der Waals surface area contributed by atoms with Gasteiger partial charge in [0.2, 0.25) is 5.91 Å². The Kier molecular flexibility index (Phi) is 5.91. The number of nitrogens with one attached hydrogen (secondary N) is 1. The molecule has 1 atom stereocenters. The SMILES string of the molecule is CC(C)N(C[C@H]1CCC(=O)N1)C(=O)c1ccc(-c2ccccc2CO)cc1. The normalized spacial score (nSPS) is 16.4. The first-order chi connectivity index (χ1) is 13.0. The Bertz CT molecular complexity index is 815. The summed E-state index contributed by atoms with van der Waals surface area (Å²) < 4.78 is 0. The largest absolute Gasteiger partial charge is 0.392 e. The maximum Gasteiger partial charge on any atom is 0.254 e. The van der Waals surface area contributed by atoms with Gasteiger partial charge in [-0.3, -0.25) is 9.59 Å². The molecule has 2 aromatic rings. The molecule has 1 saturated heterocycles. The molecule has 5 heteroatoms. The predicted molar refractivity (Wildman–Crippen MR) is 105 cm³/mol. The van der Waals surface area contributed by atoms with Crippen LogP contribution in [-0.2, 0) is 11.4 Å². The lowest BCUT2D eigenvalue weighted by molar-refractivity contribution is -0.119. The molecule has 1 aliphatic heterocycles. The summed E-state index contributed by atoms with van der Waals surface area (Å²) in [6, 6.07) is 15.2. The third-order valence-corrected chi connectivity index (χ3v) is 5.02. The number of rotatable bonds is 6. The number of aliphatic hydroxyl groups is 1. The van der Waals surface area contributed by atoms with Crippen LogP contribution in [0.3, 0.4) is 0 Å². The van der Waals surface area contributed by atoms with Crippen molar-refractivity contribution in [2.45, 2.75) is 45.4 Å². The van der Waals surface area contributed by atoms with Crippen molar-refractivity contribution in [1.82, 2.24) is 10.2 Å². The molecular formula is C22H26N2O3. The summed E-state index contributed by atoms with van der Waals surface area (Å²) in [5, 5.41) is 12.5. The molecule has 1 aliphatic rings. The second-order valence-corrected chi connectivity index (χ2v) is 7.25. The average molecular weight is 366 g/mol. The minimum atomic E-state index is -0.0341. The van der Waals surface area contributed by atoms with E-state index in [0.717, 1.165) is 23.1 Å². The van der Waals surface area contributed by atoms with Gasteiger partial charge in [-0.25, -0.2) is 0 Å². The van der Waals surface area contributed by atoms with Gasteiger partial charge in [0.1, 0.15) is 0 Å². The Morgan fingerprint density at radius 1 is 1.19 bits per heavy atom. The van der Waals surface area contributed by atoms with E-state index in [2.05, 4.69) is 5.32 Å². The second-order valence-electron chi connectivity index (χ2n) is 7.25. The first kappa shape index (κ1) is 19.1. The van der Waals surface area contributed by atoms with Gasteiger partial charge >= 0.3 is 0 Å². The molecule has 2 aromatic carbocycles. The van der Waals surface area contributed by atoms with E-state index in [1.54, 1.807) is 0 Å². The molecule has 2 N–H and O–H groups in total. The van der Waals surface area contributed by atoms with Crippen LogP contribution in [0.5, 0.6) is 0 Å². The van der Waals surface area contributed by atoms with E-state index in [1.807, 2.05) is 67.3 Å². The highest BCUT2D eigenvalue weighted by Gasteiger charge is 2.27. The lowest BCUT2D eigenvalue weighted by Gasteiger charge is -2.29. The minimum absolute atomic E-state index is 0.0227. The predicted octanol–water partition coefficient (Wildman–Crippen LogP) is 2.98. The summed E-state index contributed by atoms with van der Waals surface area (Å²) in [7, 11) is 0. The lowest BCUT2D eigenvalue weighted by atomic mass is 9.98. The number of hydrogen-bond donors (Lipinski definition) is 2. The average Bonchev–Trinajstić information content (AvgIpc) is 3.10. The van der Waals surface area contributed by atoms with Crippen molar-refractivity contribution in [3.05, 3.63) is 59.7 Å². The Labute approximate surface area is 160 Å². The molecule has 0 spiro atoms. The van der Waals surface area contributed by atoms with Gasteiger partial charge in [0.15, 0.2) is 0 Å². The molecule has 0 bridgehead atoms. The monoisotopic (exact) mass is 366 g/mol. The van der Waals surface area contributed by atoms with Gasteiger partial charge in [-0.15, -0.1) is 0 Å². The summed E-state index contributed by atoms with van der Waals surface area (Å²) in [5.41, 5.74) is 3.42. The highest BCUT2D eigenvalue weighted by atomic mass is 16.3. The van der Waals surface area contributed by atoms with E-state index in [9.17, 15) is 14.7 Å². The van der Waals surface area contributed by atoms with Crippen LogP contribution >= 0.6 is 0 Å². The third kappa shape index (κ3) is 4.37. The number of carbonyl (C=O) groups excluding carboxylic acids is 2. The van der Waals surface area contributed by atoms with Gasteiger partial charge < -0.3 is 15.3 Å². The van der Waals surface area contributed by atoms with E-state index in [0.29, 0.717) is 18.5 Å². The molecule has 3 rings (SSSR count). The Balaban J connectivity index is 1.78. The van der Waals surface area contributed by atoms with Crippen molar-refractivity contribution in [2.75, 3.05) is 6.54 Å². The zero-order chi connectivity index (χ0) is 19.4. The molecule has 0 saturated carbocycles. The van der Waals surface area contributed by atoms with Crippen LogP contribution in [0.25, 0.3) is 11.1 Å². The number of aliphatic hydroxyl groups excluding tert-OH is 1. The highest BCUT2D eigenvalue weighted by molar-refractivity contribution is 5.95. The molecule has 0 unspecified atom stereocenters. The highest BCUT2D eigenvalue weighted by Crippen LogP contribution is 2.24. The van der Waals surface area contributed by atoms with E-state index in [4.69, 9.17) is 0 Å². The summed E-state index contributed by atoms with van der Waals surface area (Å²) in [4.78, 5) is 26.2. The van der Waals surface area contributed by atoms with Gasteiger partial charge in [-0.2, -0.15) is 0 Å². The van der Waals surface area contributed by atoms with E-state index in [1.165, 1.54) is 0 Å². The standard InChI is InChI=1S/C22H26N2O3/c1-15(2)24(13-19-11-12-21(26)23-19)22(27)17-9-7-16(8-10-17)20-6-4-3-5-18(20)14-25/h3-10,15,19,25H,11-14H2,1-2H3,(H,23,26)/t19-/m1/s1. The van der Waals surface area contributed by atoms with Crippen LogP contribution in [0.1, 0.15) is 42.6 Å². The molecule has 1 fully saturated rings. The van der Waals surface area contributed by atoms with E-state index in [-0.39, 0.29) is 30.5 Å². The molecule has 5 nitrogen and oxygen atoms in total. The third-order valence-electron chi connectivity index (χ3n) is 5.02. The fourth-order valence-corrected chi connectivity index (χ4v) is 3.48. The van der Waals surface area contributed by atoms with Gasteiger partial charge in [0.25, 0.3) is 5.91 Å². The van der Waals surface area contributed by atoms with Crippen LogP contribution in [-0.4, -0.2) is 40.4 Å². The summed E-state index contributed by atoms with van der Waals surface area (Å²) in [6.45, 7) is 4.48. The summed E-state index contributed by atoms with van der Waals surface area (Å²) >= 11 is 0. The van der Waals surface area contributed by atoms with Crippen LogP contribution in [0.15, 0.2) is 48.5 Å². The maximum atomic E-state index is 13.0. The van der Waals surface area contributed by atoms with Crippen LogP contribution in [0, 0.1) is 0 Å². The zero-order valence-corrected chi connectivity index (χ0v) is 15.8. The molecule has 0 aromatic heterocycles. The van der Waals surface area contributed by atoms with Crippen molar-refractivity contribution in [1.29, 1.82) is 0 Å².